The summed E-state index contributed by atoms with van der Waals surface area (Å²) in [6.07, 6.45) is 1.04. The van der Waals surface area contributed by atoms with Crippen LogP contribution in [0.25, 0.3) is 0 Å². The van der Waals surface area contributed by atoms with Gasteiger partial charge in [-0.25, -0.2) is 4.79 Å². The molecule has 1 fully saturated rings. The minimum absolute atomic E-state index is 0.187. The number of hydrogen-bond donors (Lipinski definition) is 2. The second-order valence-corrected chi connectivity index (χ2v) is 6.96. The van der Waals surface area contributed by atoms with Crippen molar-refractivity contribution in [1.29, 1.82) is 0 Å². The number of urea groups is 1. The molecular formula is C19H23F3N4O. The molecule has 0 atom stereocenters. The Morgan fingerprint density at radius 2 is 1.96 bits per heavy atom. The van der Waals surface area contributed by atoms with Crippen LogP contribution in [0.1, 0.15) is 48.9 Å². The van der Waals surface area contributed by atoms with Gasteiger partial charge in [0.1, 0.15) is 0 Å². The van der Waals surface area contributed by atoms with Crippen LogP contribution in [0.3, 0.4) is 0 Å². The van der Waals surface area contributed by atoms with Gasteiger partial charge >= 0.3 is 12.2 Å². The molecule has 3 rings (SSSR count). The lowest BCUT2D eigenvalue weighted by molar-refractivity contribution is -0.137. The van der Waals surface area contributed by atoms with Gasteiger partial charge in [-0.15, -0.1) is 0 Å². The first-order valence-corrected chi connectivity index (χ1v) is 9.09. The first-order valence-electron chi connectivity index (χ1n) is 9.09. The molecule has 1 heterocycles. The van der Waals surface area contributed by atoms with Crippen molar-refractivity contribution < 1.29 is 18.0 Å². The summed E-state index contributed by atoms with van der Waals surface area (Å²) < 4.78 is 40.1. The van der Waals surface area contributed by atoms with Crippen molar-refractivity contribution in [2.75, 3.05) is 5.32 Å². The normalized spacial score (nSPS) is 15.6. The van der Waals surface area contributed by atoms with Crippen molar-refractivity contribution in [3.05, 3.63) is 47.2 Å². The second kappa shape index (κ2) is 8.02. The van der Waals surface area contributed by atoms with E-state index in [1.807, 2.05) is 0 Å². The molecule has 1 aromatic heterocycles. The lowest BCUT2D eigenvalue weighted by Crippen LogP contribution is -2.39. The third-order valence-electron chi connectivity index (χ3n) is 4.75. The van der Waals surface area contributed by atoms with Gasteiger partial charge in [0, 0.05) is 17.8 Å². The number of aryl methyl sites for hydroxylation is 1. The summed E-state index contributed by atoms with van der Waals surface area (Å²) in [5.74, 6) is 0.382. The highest BCUT2D eigenvalue weighted by molar-refractivity contribution is 5.88. The summed E-state index contributed by atoms with van der Waals surface area (Å²) >= 11 is 0. The molecule has 27 heavy (non-hydrogen) atoms. The molecule has 1 aliphatic rings. The van der Waals surface area contributed by atoms with Crippen LogP contribution in [0, 0.1) is 6.92 Å². The molecule has 8 heteroatoms. The van der Waals surface area contributed by atoms with Gasteiger partial charge in [0.15, 0.2) is 5.82 Å². The standard InChI is InChI=1S/C19H23F3N4O/c1-13-10-17(24-18(27)23-16-8-3-2-4-9-16)25-26(13)12-14-6-5-7-15(11-14)19(20,21)22/h5-7,10-11,16H,2-4,8-9,12H2,1H3,(H2,23,24,25,27). The number of aromatic nitrogens is 2. The Bertz CT molecular complexity index is 794. The zero-order valence-electron chi connectivity index (χ0n) is 15.1. The maximum Gasteiger partial charge on any atom is 0.416 e. The summed E-state index contributed by atoms with van der Waals surface area (Å²) in [5, 5.41) is 9.95. The number of alkyl halides is 3. The molecular weight excluding hydrogens is 357 g/mol. The molecule has 2 amide bonds. The van der Waals surface area contributed by atoms with Gasteiger partial charge in [-0.3, -0.25) is 10.00 Å². The van der Waals surface area contributed by atoms with Crippen molar-refractivity contribution in [2.45, 2.75) is 57.8 Å². The Labute approximate surface area is 155 Å². The van der Waals surface area contributed by atoms with Crippen molar-refractivity contribution in [3.63, 3.8) is 0 Å². The Morgan fingerprint density at radius 3 is 2.67 bits per heavy atom. The van der Waals surface area contributed by atoms with Crippen molar-refractivity contribution in [2.24, 2.45) is 0 Å². The molecule has 146 valence electrons. The molecule has 1 aliphatic carbocycles. The second-order valence-electron chi connectivity index (χ2n) is 6.96. The van der Waals surface area contributed by atoms with Crippen LogP contribution in [0.5, 0.6) is 0 Å². The highest BCUT2D eigenvalue weighted by Crippen LogP contribution is 2.29. The fourth-order valence-electron chi connectivity index (χ4n) is 3.33. The van der Waals surface area contributed by atoms with Crippen LogP contribution in [0.2, 0.25) is 0 Å². The maximum atomic E-state index is 12.8. The monoisotopic (exact) mass is 380 g/mol. The van der Waals surface area contributed by atoms with E-state index < -0.39 is 11.7 Å². The van der Waals surface area contributed by atoms with Crippen molar-refractivity contribution in [1.82, 2.24) is 15.1 Å². The predicted molar refractivity (Wildman–Crippen MR) is 96.5 cm³/mol. The average molecular weight is 380 g/mol. The van der Waals surface area contributed by atoms with Gasteiger partial charge in [0.2, 0.25) is 0 Å². The highest BCUT2D eigenvalue weighted by Gasteiger charge is 2.30. The Hall–Kier alpha value is -2.51. The number of anilines is 1. The van der Waals surface area contributed by atoms with E-state index in [4.69, 9.17) is 0 Å². The molecule has 0 unspecified atom stereocenters. The van der Waals surface area contributed by atoms with E-state index in [9.17, 15) is 18.0 Å². The summed E-state index contributed by atoms with van der Waals surface area (Å²) in [4.78, 5) is 12.1. The molecule has 1 saturated carbocycles. The lowest BCUT2D eigenvalue weighted by atomic mass is 9.96. The third-order valence-corrected chi connectivity index (χ3v) is 4.75. The largest absolute Gasteiger partial charge is 0.416 e. The number of hydrogen-bond acceptors (Lipinski definition) is 2. The van der Waals surface area contributed by atoms with Crippen molar-refractivity contribution >= 4 is 11.8 Å². The van der Waals surface area contributed by atoms with Gasteiger partial charge in [-0.2, -0.15) is 18.3 Å². The van der Waals surface area contributed by atoms with Gasteiger partial charge in [0.25, 0.3) is 0 Å². The van der Waals surface area contributed by atoms with Gasteiger partial charge in [-0.1, -0.05) is 31.4 Å². The van der Waals surface area contributed by atoms with Gasteiger partial charge < -0.3 is 5.32 Å². The number of nitrogens with zero attached hydrogens (tertiary/aromatic N) is 2. The lowest BCUT2D eigenvalue weighted by Gasteiger charge is -2.22. The fourth-order valence-corrected chi connectivity index (χ4v) is 3.33. The maximum absolute atomic E-state index is 12.8. The van der Waals surface area contributed by atoms with Gasteiger partial charge in [-0.05, 0) is 37.5 Å². The molecule has 0 saturated heterocycles. The van der Waals surface area contributed by atoms with Gasteiger partial charge in [0.05, 0.1) is 12.1 Å². The molecule has 2 N–H and O–H groups in total. The van der Waals surface area contributed by atoms with Crippen molar-refractivity contribution in [3.8, 4) is 0 Å². The number of carbonyl (C=O) groups is 1. The highest BCUT2D eigenvalue weighted by atomic mass is 19.4. The van der Waals surface area contributed by atoms with Crippen LogP contribution in [0.4, 0.5) is 23.8 Å². The van der Waals surface area contributed by atoms with E-state index in [1.54, 1.807) is 23.7 Å². The molecule has 0 aliphatic heterocycles. The molecule has 5 nitrogen and oxygen atoms in total. The quantitative estimate of drug-likeness (QED) is 0.807. The Balaban J connectivity index is 1.63. The van der Waals surface area contributed by atoms with Crippen LogP contribution in [-0.4, -0.2) is 21.9 Å². The Kier molecular flexibility index (Phi) is 5.72. The SMILES string of the molecule is Cc1cc(NC(=O)NC2CCCCC2)nn1Cc1cccc(C(F)(F)F)c1. The number of rotatable bonds is 4. The topological polar surface area (TPSA) is 59.0 Å². The number of benzene rings is 1. The summed E-state index contributed by atoms with van der Waals surface area (Å²) in [6, 6.07) is 6.75. The minimum atomic E-state index is -4.38. The molecule has 2 aromatic rings. The summed E-state index contributed by atoms with van der Waals surface area (Å²) in [5.41, 5.74) is 0.560. The number of carbonyl (C=O) groups excluding carboxylic acids is 1. The van der Waals surface area contributed by atoms with E-state index in [2.05, 4.69) is 15.7 Å². The first-order chi connectivity index (χ1) is 12.8. The van der Waals surface area contributed by atoms with Crippen LogP contribution >= 0.6 is 0 Å². The van der Waals surface area contributed by atoms with E-state index in [0.717, 1.165) is 43.5 Å². The third kappa shape index (κ3) is 5.24. The Morgan fingerprint density at radius 1 is 1.22 bits per heavy atom. The fraction of sp³-hybridized carbons (Fsp3) is 0.474. The van der Waals surface area contributed by atoms with Crippen LogP contribution in [-0.2, 0) is 12.7 Å². The van der Waals surface area contributed by atoms with E-state index >= 15 is 0 Å². The molecule has 0 spiro atoms. The number of amides is 2. The number of halogens is 3. The van der Waals surface area contributed by atoms with Crippen LogP contribution in [0.15, 0.2) is 30.3 Å². The molecule has 0 radical (unpaired) electrons. The van der Waals surface area contributed by atoms with E-state index in [0.29, 0.717) is 11.4 Å². The summed E-state index contributed by atoms with van der Waals surface area (Å²) in [6.45, 7) is 1.99. The number of nitrogens with one attached hydrogen (secondary N) is 2. The summed E-state index contributed by atoms with van der Waals surface area (Å²) in [7, 11) is 0. The van der Waals surface area contributed by atoms with Crippen LogP contribution < -0.4 is 10.6 Å². The smallest absolute Gasteiger partial charge is 0.335 e. The first kappa shape index (κ1) is 19.3. The predicted octanol–water partition coefficient (Wildman–Crippen LogP) is 4.71. The van der Waals surface area contributed by atoms with E-state index in [-0.39, 0.29) is 18.6 Å². The average Bonchev–Trinajstić information content (AvgIpc) is 2.94. The van der Waals surface area contributed by atoms with E-state index in [1.165, 1.54) is 12.5 Å². The zero-order chi connectivity index (χ0) is 19.4. The minimum Gasteiger partial charge on any atom is -0.335 e. The zero-order valence-corrected chi connectivity index (χ0v) is 15.1. The molecule has 0 bridgehead atoms. The molecule has 1 aromatic carbocycles.